The first-order valence-corrected chi connectivity index (χ1v) is 4.23. The molecule has 0 saturated carbocycles. The van der Waals surface area contributed by atoms with Crippen molar-refractivity contribution in [1.82, 2.24) is 10.3 Å². The van der Waals surface area contributed by atoms with Crippen LogP contribution in [0.15, 0.2) is 18.6 Å². The average molecular weight is 307 g/mol. The molecule has 0 fully saturated rings. The molecule has 0 aromatic carbocycles. The Hall–Kier alpha value is -0.720. The lowest BCUT2D eigenvalue weighted by molar-refractivity contribution is -0.672. The Balaban J connectivity index is 0.00000169. The lowest BCUT2D eigenvalue weighted by Gasteiger charge is -1.99. The highest BCUT2D eigenvalue weighted by molar-refractivity contribution is 5.72. The fraction of sp³-hybridized carbons (Fsp3) is 0.444. The van der Waals surface area contributed by atoms with Crippen molar-refractivity contribution in [1.29, 1.82) is 0 Å². The van der Waals surface area contributed by atoms with Crippen LogP contribution in [-0.4, -0.2) is 17.4 Å². The summed E-state index contributed by atoms with van der Waals surface area (Å²) < 4.78 is 1.94. The number of rotatable bonds is 3. The molecule has 0 radical (unpaired) electrons. The Kier molecular flexibility index (Phi) is 6.35. The molecule has 1 amide bonds. The van der Waals surface area contributed by atoms with Gasteiger partial charge in [-0.3, -0.25) is 4.79 Å². The van der Waals surface area contributed by atoms with Crippen molar-refractivity contribution < 1.29 is 33.3 Å². The number of nitrogens with zero attached hydrogens (tertiary/aromatic N) is 2. The van der Waals surface area contributed by atoms with Gasteiger partial charge in [0.15, 0.2) is 12.4 Å². The van der Waals surface area contributed by atoms with E-state index >= 15 is 0 Å². The molecule has 5 heteroatoms. The minimum atomic E-state index is 0. The highest BCUT2D eigenvalue weighted by atomic mass is 127. The second-order valence-electron chi connectivity index (χ2n) is 2.95. The third-order valence-electron chi connectivity index (χ3n) is 1.65. The lowest BCUT2D eigenvalue weighted by atomic mass is 10.3. The van der Waals surface area contributed by atoms with Gasteiger partial charge in [-0.15, -0.1) is 0 Å². The number of halogens is 1. The molecule has 78 valence electrons. The van der Waals surface area contributed by atoms with E-state index in [-0.39, 0.29) is 29.9 Å². The van der Waals surface area contributed by atoms with Crippen LogP contribution in [0.4, 0.5) is 0 Å². The quantitative estimate of drug-likeness (QED) is 0.467. The number of carbonyl (C=O) groups is 1. The van der Waals surface area contributed by atoms with Gasteiger partial charge in [-0.2, -0.15) is 0 Å². The Labute approximate surface area is 101 Å². The molecule has 0 aliphatic rings. The number of aryl methyl sites for hydroxylation is 1. The molecule has 14 heavy (non-hydrogen) atoms. The van der Waals surface area contributed by atoms with E-state index in [4.69, 9.17) is 0 Å². The molecule has 0 bridgehead atoms. The third kappa shape index (κ3) is 5.11. The SMILES string of the molecule is CC(=O)NCCc1c[n+](C)ccn1.[I-]. The summed E-state index contributed by atoms with van der Waals surface area (Å²) >= 11 is 0. The van der Waals surface area contributed by atoms with Crippen LogP contribution in [0.1, 0.15) is 12.6 Å². The van der Waals surface area contributed by atoms with Gasteiger partial charge in [0.1, 0.15) is 12.7 Å². The second kappa shape index (κ2) is 6.69. The Morgan fingerprint density at radius 3 is 2.93 bits per heavy atom. The highest BCUT2D eigenvalue weighted by Gasteiger charge is 1.99. The van der Waals surface area contributed by atoms with E-state index in [0.717, 1.165) is 12.1 Å². The van der Waals surface area contributed by atoms with E-state index in [1.54, 1.807) is 6.20 Å². The third-order valence-corrected chi connectivity index (χ3v) is 1.65. The Bertz CT molecular complexity index is 304. The number of hydrogen-bond acceptors (Lipinski definition) is 2. The molecule has 4 nitrogen and oxygen atoms in total. The van der Waals surface area contributed by atoms with Gasteiger partial charge in [-0.05, 0) is 0 Å². The first-order valence-electron chi connectivity index (χ1n) is 4.23. The molecule has 1 aromatic heterocycles. The van der Waals surface area contributed by atoms with Gasteiger partial charge < -0.3 is 29.3 Å². The zero-order valence-electron chi connectivity index (χ0n) is 8.33. The molecular weight excluding hydrogens is 293 g/mol. The number of carbonyl (C=O) groups excluding carboxylic acids is 1. The standard InChI is InChI=1S/C9H13N3O.HI/c1-8(13)10-4-3-9-7-12(2)6-5-11-9;/h5-7H,3-4H2,1-2H3;1H. The largest absolute Gasteiger partial charge is 1.00 e. The highest BCUT2D eigenvalue weighted by Crippen LogP contribution is 1.88. The topological polar surface area (TPSA) is 45.9 Å². The van der Waals surface area contributed by atoms with Gasteiger partial charge in [-0.25, -0.2) is 9.55 Å². The molecule has 1 rings (SSSR count). The maximum Gasteiger partial charge on any atom is 0.216 e. The number of amides is 1. The van der Waals surface area contributed by atoms with Crippen molar-refractivity contribution in [2.45, 2.75) is 13.3 Å². The fourth-order valence-corrected chi connectivity index (χ4v) is 1.04. The van der Waals surface area contributed by atoms with E-state index < -0.39 is 0 Å². The predicted molar refractivity (Wildman–Crippen MR) is 47.8 cm³/mol. The first-order chi connectivity index (χ1) is 6.18. The first kappa shape index (κ1) is 13.3. The Morgan fingerprint density at radius 2 is 2.36 bits per heavy atom. The number of hydrogen-bond donors (Lipinski definition) is 1. The molecule has 1 N–H and O–H groups in total. The summed E-state index contributed by atoms with van der Waals surface area (Å²) in [6, 6.07) is 0. The Morgan fingerprint density at radius 1 is 1.64 bits per heavy atom. The minimum Gasteiger partial charge on any atom is -1.00 e. The van der Waals surface area contributed by atoms with Crippen LogP contribution in [0.2, 0.25) is 0 Å². The normalized spacial score (nSPS) is 9.00. The lowest BCUT2D eigenvalue weighted by Crippen LogP contribution is -3.00. The van der Waals surface area contributed by atoms with Crippen molar-refractivity contribution in [3.05, 3.63) is 24.3 Å². The van der Waals surface area contributed by atoms with Gasteiger partial charge in [0.25, 0.3) is 0 Å². The van der Waals surface area contributed by atoms with Crippen molar-refractivity contribution in [3.8, 4) is 0 Å². The smallest absolute Gasteiger partial charge is 0.216 e. The molecule has 0 unspecified atom stereocenters. The van der Waals surface area contributed by atoms with Crippen molar-refractivity contribution >= 4 is 5.91 Å². The van der Waals surface area contributed by atoms with Crippen molar-refractivity contribution in [2.75, 3.05) is 6.54 Å². The summed E-state index contributed by atoms with van der Waals surface area (Å²) in [5.41, 5.74) is 0.985. The van der Waals surface area contributed by atoms with E-state index in [1.807, 2.05) is 24.0 Å². The summed E-state index contributed by atoms with van der Waals surface area (Å²) in [6.07, 6.45) is 6.35. The summed E-state index contributed by atoms with van der Waals surface area (Å²) in [5.74, 6) is 0.000283. The van der Waals surface area contributed by atoms with Crippen molar-refractivity contribution in [3.63, 3.8) is 0 Å². The monoisotopic (exact) mass is 307 g/mol. The van der Waals surface area contributed by atoms with Crippen LogP contribution in [0.25, 0.3) is 0 Å². The molecule has 1 aromatic rings. The summed E-state index contributed by atoms with van der Waals surface area (Å²) in [7, 11) is 1.95. The average Bonchev–Trinajstić information content (AvgIpc) is 2.03. The van der Waals surface area contributed by atoms with Crippen LogP contribution in [-0.2, 0) is 18.3 Å². The van der Waals surface area contributed by atoms with Crippen molar-refractivity contribution in [2.24, 2.45) is 7.05 Å². The summed E-state index contributed by atoms with van der Waals surface area (Å²) in [5, 5.41) is 2.73. The molecule has 0 atom stereocenters. The van der Waals surface area contributed by atoms with Crippen LogP contribution in [0, 0.1) is 0 Å². The number of nitrogens with one attached hydrogen (secondary N) is 1. The molecule has 1 heterocycles. The van der Waals surface area contributed by atoms with Gasteiger partial charge in [0.2, 0.25) is 5.91 Å². The minimum absolute atomic E-state index is 0. The van der Waals surface area contributed by atoms with E-state index in [9.17, 15) is 4.79 Å². The summed E-state index contributed by atoms with van der Waals surface area (Å²) in [6.45, 7) is 2.16. The zero-order chi connectivity index (χ0) is 9.68. The van der Waals surface area contributed by atoms with Gasteiger partial charge >= 0.3 is 0 Å². The van der Waals surface area contributed by atoms with E-state index in [0.29, 0.717) is 6.54 Å². The van der Waals surface area contributed by atoms with Crippen LogP contribution >= 0.6 is 0 Å². The van der Waals surface area contributed by atoms with Gasteiger partial charge in [-0.1, -0.05) is 0 Å². The van der Waals surface area contributed by atoms with Gasteiger partial charge in [0, 0.05) is 19.9 Å². The summed E-state index contributed by atoms with van der Waals surface area (Å²) in [4.78, 5) is 14.7. The molecule has 0 aliphatic heterocycles. The predicted octanol–water partition coefficient (Wildman–Crippen LogP) is -3.41. The fourth-order valence-electron chi connectivity index (χ4n) is 1.04. The molecule has 0 spiro atoms. The van der Waals surface area contributed by atoms with Crippen LogP contribution in [0.5, 0.6) is 0 Å². The zero-order valence-corrected chi connectivity index (χ0v) is 10.5. The van der Waals surface area contributed by atoms with E-state index in [2.05, 4.69) is 10.3 Å². The molecule has 0 saturated heterocycles. The van der Waals surface area contributed by atoms with Crippen LogP contribution in [0.3, 0.4) is 0 Å². The molecular formula is C9H14IN3O. The van der Waals surface area contributed by atoms with Gasteiger partial charge in [0.05, 0.1) is 6.20 Å². The maximum absolute atomic E-state index is 10.6. The number of aromatic nitrogens is 2. The van der Waals surface area contributed by atoms with Crippen LogP contribution < -0.4 is 33.9 Å². The maximum atomic E-state index is 10.6. The molecule has 0 aliphatic carbocycles. The second-order valence-corrected chi connectivity index (χ2v) is 2.95. The van der Waals surface area contributed by atoms with E-state index in [1.165, 1.54) is 6.92 Å².